The maximum absolute atomic E-state index is 12.4. The fourth-order valence-electron chi connectivity index (χ4n) is 2.87. The average molecular weight is 444 g/mol. The van der Waals surface area contributed by atoms with Crippen LogP contribution in [0.25, 0.3) is 6.08 Å². The van der Waals surface area contributed by atoms with Gasteiger partial charge in [-0.15, -0.1) is 0 Å². The summed E-state index contributed by atoms with van der Waals surface area (Å²) in [5.74, 6) is 2.13. The Bertz CT molecular complexity index is 915. The molecule has 1 aliphatic rings. The average Bonchev–Trinajstić information content (AvgIpc) is 3.02. The molecule has 0 spiro atoms. The highest BCUT2D eigenvalue weighted by Crippen LogP contribution is 2.34. The quantitative estimate of drug-likeness (QED) is 0.287. The summed E-state index contributed by atoms with van der Waals surface area (Å²) in [6.45, 7) is 6.03. The molecule has 0 N–H and O–H groups in total. The van der Waals surface area contributed by atoms with Gasteiger partial charge in [0.25, 0.3) is 5.91 Å². The first-order valence-corrected chi connectivity index (χ1v) is 11.2. The van der Waals surface area contributed by atoms with Crippen molar-refractivity contribution in [2.24, 2.45) is 0 Å². The summed E-state index contributed by atoms with van der Waals surface area (Å²) in [6.07, 6.45) is 2.59. The molecule has 0 atom stereocenters. The molecule has 0 unspecified atom stereocenters. The highest BCUT2D eigenvalue weighted by atomic mass is 32.2. The zero-order valence-electron chi connectivity index (χ0n) is 17.1. The first-order chi connectivity index (χ1) is 14.6. The van der Waals surface area contributed by atoms with E-state index in [0.29, 0.717) is 47.1 Å². The van der Waals surface area contributed by atoms with Crippen molar-refractivity contribution in [3.63, 3.8) is 0 Å². The van der Waals surface area contributed by atoms with Crippen LogP contribution in [-0.4, -0.2) is 41.5 Å². The topological polar surface area (TPSA) is 48.0 Å². The lowest BCUT2D eigenvalue weighted by Crippen LogP contribution is -2.27. The molecule has 2 aromatic rings. The minimum Gasteiger partial charge on any atom is -0.493 e. The Balaban J connectivity index is 1.60. The van der Waals surface area contributed by atoms with Crippen molar-refractivity contribution in [2.75, 3.05) is 26.4 Å². The summed E-state index contributed by atoms with van der Waals surface area (Å²) in [6, 6.07) is 15.4. The fraction of sp³-hybridized carbons (Fsp3) is 0.304. The lowest BCUT2D eigenvalue weighted by Gasteiger charge is -2.13. The van der Waals surface area contributed by atoms with Crippen molar-refractivity contribution in [1.82, 2.24) is 4.90 Å². The fourth-order valence-corrected chi connectivity index (χ4v) is 4.26. The first-order valence-electron chi connectivity index (χ1n) is 9.95. The number of rotatable bonds is 10. The number of carbonyl (C=O) groups excluding carboxylic acids is 1. The summed E-state index contributed by atoms with van der Waals surface area (Å²) >= 11 is 6.60. The van der Waals surface area contributed by atoms with E-state index in [1.807, 2.05) is 68.5 Å². The molecule has 0 saturated carbocycles. The lowest BCUT2D eigenvalue weighted by molar-refractivity contribution is -0.121. The van der Waals surface area contributed by atoms with E-state index < -0.39 is 0 Å². The number of likely N-dealkylation sites (N-methyl/N-ethyl adjacent to an activating group) is 1. The number of hydrogen-bond donors (Lipinski definition) is 0. The van der Waals surface area contributed by atoms with Crippen molar-refractivity contribution in [2.45, 2.75) is 20.3 Å². The Morgan fingerprint density at radius 3 is 2.47 bits per heavy atom. The van der Waals surface area contributed by atoms with Crippen LogP contribution in [0, 0.1) is 0 Å². The highest BCUT2D eigenvalue weighted by molar-refractivity contribution is 8.26. The van der Waals surface area contributed by atoms with Crippen LogP contribution < -0.4 is 14.2 Å². The number of nitrogens with zero attached hydrogens (tertiary/aromatic N) is 1. The second-order valence-corrected chi connectivity index (χ2v) is 8.10. The number of thioether (sulfide) groups is 1. The summed E-state index contributed by atoms with van der Waals surface area (Å²) in [5.41, 5.74) is 0.870. The van der Waals surface area contributed by atoms with Gasteiger partial charge >= 0.3 is 0 Å². The molecule has 158 valence electrons. The Morgan fingerprint density at radius 2 is 1.77 bits per heavy atom. The molecule has 7 heteroatoms. The monoisotopic (exact) mass is 443 g/mol. The predicted molar refractivity (Wildman–Crippen MR) is 125 cm³/mol. The number of thiocarbonyl (C=S) groups is 1. The smallest absolute Gasteiger partial charge is 0.266 e. The molecule has 1 aliphatic heterocycles. The summed E-state index contributed by atoms with van der Waals surface area (Å²) in [7, 11) is 0. The number of ether oxygens (including phenoxy) is 3. The number of hydrogen-bond acceptors (Lipinski definition) is 6. The summed E-state index contributed by atoms with van der Waals surface area (Å²) < 4.78 is 17.9. The second kappa shape index (κ2) is 11.0. The van der Waals surface area contributed by atoms with Gasteiger partial charge in [-0.1, -0.05) is 48.2 Å². The SMILES string of the molecule is CCOc1cc(C=C2SC(=S)N(CC)C2=O)ccc1OCCCOc1ccccc1. The van der Waals surface area contributed by atoms with Gasteiger partial charge in [0.2, 0.25) is 0 Å². The number of amides is 1. The van der Waals surface area contributed by atoms with Gasteiger partial charge in [0.05, 0.1) is 24.7 Å². The van der Waals surface area contributed by atoms with E-state index in [-0.39, 0.29) is 5.91 Å². The van der Waals surface area contributed by atoms with Gasteiger partial charge in [0.1, 0.15) is 10.1 Å². The molecular formula is C23H25NO4S2. The molecule has 1 fully saturated rings. The zero-order chi connectivity index (χ0) is 21.3. The normalized spacial score (nSPS) is 15.0. The predicted octanol–water partition coefficient (Wildman–Crippen LogP) is 5.15. The zero-order valence-corrected chi connectivity index (χ0v) is 18.8. The van der Waals surface area contributed by atoms with E-state index in [4.69, 9.17) is 26.4 Å². The minimum absolute atomic E-state index is 0.0517. The molecule has 2 aromatic carbocycles. The third-order valence-electron chi connectivity index (χ3n) is 4.31. The van der Waals surface area contributed by atoms with Crippen molar-refractivity contribution < 1.29 is 19.0 Å². The third kappa shape index (κ3) is 5.77. The van der Waals surface area contributed by atoms with Crippen LogP contribution in [0.3, 0.4) is 0 Å². The standard InChI is InChI=1S/C23H25NO4S2/c1-3-24-22(25)21(30-23(24)29)16-17-11-12-19(20(15-17)26-4-2)28-14-8-13-27-18-9-6-5-7-10-18/h5-7,9-12,15-16H,3-4,8,13-14H2,1-2H3. The number of para-hydroxylation sites is 1. The number of benzene rings is 2. The van der Waals surface area contributed by atoms with Gasteiger partial charge in [-0.25, -0.2) is 0 Å². The van der Waals surface area contributed by atoms with E-state index in [1.54, 1.807) is 4.90 Å². The minimum atomic E-state index is -0.0517. The van der Waals surface area contributed by atoms with Crippen LogP contribution >= 0.6 is 24.0 Å². The molecule has 30 heavy (non-hydrogen) atoms. The maximum Gasteiger partial charge on any atom is 0.266 e. The van der Waals surface area contributed by atoms with Gasteiger partial charge in [-0.2, -0.15) is 0 Å². The molecule has 5 nitrogen and oxygen atoms in total. The molecule has 3 rings (SSSR count). The van der Waals surface area contributed by atoms with Crippen molar-refractivity contribution >= 4 is 40.3 Å². The Labute approximate surface area is 187 Å². The molecule has 1 saturated heterocycles. The second-order valence-electron chi connectivity index (χ2n) is 6.43. The van der Waals surface area contributed by atoms with Gasteiger partial charge in [-0.05, 0) is 49.8 Å². The van der Waals surface area contributed by atoms with Crippen LogP contribution in [0.4, 0.5) is 0 Å². The molecular weight excluding hydrogens is 418 g/mol. The Kier molecular flexibility index (Phi) is 8.16. The summed E-state index contributed by atoms with van der Waals surface area (Å²) in [4.78, 5) is 14.6. The van der Waals surface area contributed by atoms with Crippen LogP contribution in [0.5, 0.6) is 17.2 Å². The highest BCUT2D eigenvalue weighted by Gasteiger charge is 2.30. The Morgan fingerprint density at radius 1 is 1.00 bits per heavy atom. The van der Waals surface area contributed by atoms with E-state index in [1.165, 1.54) is 11.8 Å². The van der Waals surface area contributed by atoms with Gasteiger partial charge in [0, 0.05) is 13.0 Å². The van der Waals surface area contributed by atoms with Gasteiger partial charge in [0.15, 0.2) is 11.5 Å². The van der Waals surface area contributed by atoms with Gasteiger partial charge in [-0.3, -0.25) is 9.69 Å². The van der Waals surface area contributed by atoms with Crippen LogP contribution in [0.2, 0.25) is 0 Å². The number of carbonyl (C=O) groups is 1. The van der Waals surface area contributed by atoms with E-state index in [2.05, 4.69) is 0 Å². The van der Waals surface area contributed by atoms with Gasteiger partial charge < -0.3 is 14.2 Å². The lowest BCUT2D eigenvalue weighted by atomic mass is 10.2. The summed E-state index contributed by atoms with van der Waals surface area (Å²) in [5, 5.41) is 0. The first kappa shape index (κ1) is 22.2. The van der Waals surface area contributed by atoms with E-state index in [9.17, 15) is 4.79 Å². The molecule has 0 aliphatic carbocycles. The van der Waals surface area contributed by atoms with Crippen LogP contribution in [0.15, 0.2) is 53.4 Å². The van der Waals surface area contributed by atoms with Crippen molar-refractivity contribution in [3.05, 3.63) is 59.0 Å². The van der Waals surface area contributed by atoms with E-state index in [0.717, 1.165) is 17.7 Å². The Hall–Kier alpha value is -2.51. The molecule has 1 amide bonds. The third-order valence-corrected chi connectivity index (χ3v) is 5.69. The molecule has 1 heterocycles. The maximum atomic E-state index is 12.4. The molecule has 0 bridgehead atoms. The van der Waals surface area contributed by atoms with Crippen LogP contribution in [-0.2, 0) is 4.79 Å². The molecule has 0 aromatic heterocycles. The van der Waals surface area contributed by atoms with Crippen molar-refractivity contribution in [3.8, 4) is 17.2 Å². The van der Waals surface area contributed by atoms with Crippen molar-refractivity contribution in [1.29, 1.82) is 0 Å². The van der Waals surface area contributed by atoms with E-state index >= 15 is 0 Å². The van der Waals surface area contributed by atoms with Crippen LogP contribution in [0.1, 0.15) is 25.8 Å². The molecule has 0 radical (unpaired) electrons. The largest absolute Gasteiger partial charge is 0.493 e.